The summed E-state index contributed by atoms with van der Waals surface area (Å²) in [6.07, 6.45) is 3.61. The van der Waals surface area contributed by atoms with Crippen molar-refractivity contribution in [1.82, 2.24) is 5.32 Å². The monoisotopic (exact) mass is 460 g/mol. The Bertz CT molecular complexity index is 1050. The molecule has 3 rings (SSSR count). The van der Waals surface area contributed by atoms with Crippen LogP contribution in [-0.4, -0.2) is 24.6 Å². The molecule has 1 unspecified atom stereocenters. The second-order valence-electron chi connectivity index (χ2n) is 8.13. The van der Waals surface area contributed by atoms with Crippen LogP contribution in [0.3, 0.4) is 0 Å². The van der Waals surface area contributed by atoms with Gasteiger partial charge in [0.15, 0.2) is 6.61 Å². The predicted octanol–water partition coefficient (Wildman–Crippen LogP) is 5.07. The normalized spacial score (nSPS) is 11.5. The first-order chi connectivity index (χ1) is 16.5. The van der Waals surface area contributed by atoms with Crippen LogP contribution in [0, 0.1) is 0 Å². The number of amides is 1. The summed E-state index contributed by atoms with van der Waals surface area (Å²) in [5, 5.41) is 2.75. The number of esters is 1. The summed E-state index contributed by atoms with van der Waals surface area (Å²) in [6, 6.07) is 24.2. The quantitative estimate of drug-likeness (QED) is 0.224. The Morgan fingerprint density at radius 1 is 0.912 bits per heavy atom. The fraction of sp³-hybridized carbons (Fsp3) is 0.286. The maximum absolute atomic E-state index is 12.5. The van der Waals surface area contributed by atoms with Gasteiger partial charge in [0.1, 0.15) is 12.4 Å². The third-order valence-electron chi connectivity index (χ3n) is 5.33. The number of ether oxygens (including phenoxy) is 2. The van der Waals surface area contributed by atoms with Crippen LogP contribution in [0.15, 0.2) is 78.9 Å². The summed E-state index contributed by atoms with van der Waals surface area (Å²) in [7, 11) is 0. The van der Waals surface area contributed by atoms with Crippen molar-refractivity contribution in [3.8, 4) is 16.9 Å². The van der Waals surface area contributed by atoms with E-state index in [-0.39, 0.29) is 31.3 Å². The third kappa shape index (κ3) is 8.05. The topological polar surface area (TPSA) is 90.6 Å². The number of carbonyl (C=O) groups excluding carboxylic acids is 2. The van der Waals surface area contributed by atoms with Crippen molar-refractivity contribution >= 4 is 11.9 Å². The van der Waals surface area contributed by atoms with Crippen LogP contribution in [-0.2, 0) is 16.1 Å². The molecule has 3 N–H and O–H groups in total. The molecule has 0 spiro atoms. The molecule has 34 heavy (non-hydrogen) atoms. The molecule has 0 aromatic heterocycles. The molecule has 0 aliphatic heterocycles. The minimum Gasteiger partial charge on any atom is -0.484 e. The van der Waals surface area contributed by atoms with Gasteiger partial charge in [-0.2, -0.15) is 0 Å². The van der Waals surface area contributed by atoms with Gasteiger partial charge in [0, 0.05) is 0 Å². The van der Waals surface area contributed by atoms with Gasteiger partial charge in [-0.25, -0.2) is 4.79 Å². The zero-order chi connectivity index (χ0) is 24.2. The second-order valence-corrected chi connectivity index (χ2v) is 8.13. The van der Waals surface area contributed by atoms with Crippen molar-refractivity contribution < 1.29 is 19.1 Å². The van der Waals surface area contributed by atoms with E-state index in [0.717, 1.165) is 42.4 Å². The Hall–Kier alpha value is -3.64. The Kier molecular flexibility index (Phi) is 9.67. The summed E-state index contributed by atoms with van der Waals surface area (Å²) in [4.78, 5) is 24.5. The highest BCUT2D eigenvalue weighted by atomic mass is 16.5. The highest BCUT2D eigenvalue weighted by Crippen LogP contribution is 2.24. The standard InChI is InChI=1S/C28H32N2O4/c1-2-3-5-13-26(29)30-27(31)20-33-25-16-14-22(15-17-25)23-11-8-12-24(18-23)28(32)34-19-21-9-6-4-7-10-21/h4,6-12,14-18,26H,2-3,5,13,19-20,29H2,1H3,(H,30,31). The molecular formula is C28H32N2O4. The predicted molar refractivity (Wildman–Crippen MR) is 133 cm³/mol. The van der Waals surface area contributed by atoms with E-state index >= 15 is 0 Å². The molecular weight excluding hydrogens is 428 g/mol. The van der Waals surface area contributed by atoms with E-state index in [1.807, 2.05) is 54.6 Å². The average Bonchev–Trinajstić information content (AvgIpc) is 2.87. The molecule has 0 saturated heterocycles. The summed E-state index contributed by atoms with van der Waals surface area (Å²) in [5.74, 6) is -0.0313. The molecule has 0 heterocycles. The Morgan fingerprint density at radius 3 is 2.41 bits per heavy atom. The van der Waals surface area contributed by atoms with Crippen molar-refractivity contribution in [3.05, 3.63) is 90.0 Å². The molecule has 178 valence electrons. The fourth-order valence-corrected chi connectivity index (χ4v) is 3.46. The molecule has 1 atom stereocenters. The third-order valence-corrected chi connectivity index (χ3v) is 5.33. The highest BCUT2D eigenvalue weighted by molar-refractivity contribution is 5.91. The van der Waals surface area contributed by atoms with Crippen molar-refractivity contribution in [1.29, 1.82) is 0 Å². The van der Waals surface area contributed by atoms with Crippen LogP contribution < -0.4 is 15.8 Å². The smallest absolute Gasteiger partial charge is 0.338 e. The number of nitrogens with one attached hydrogen (secondary N) is 1. The van der Waals surface area contributed by atoms with Crippen molar-refractivity contribution in [3.63, 3.8) is 0 Å². The Balaban J connectivity index is 1.51. The van der Waals surface area contributed by atoms with Gasteiger partial charge in [-0.15, -0.1) is 0 Å². The Labute approximate surface area is 201 Å². The SMILES string of the molecule is CCCCCC(N)NC(=O)COc1ccc(-c2cccc(C(=O)OCc3ccccc3)c2)cc1. The summed E-state index contributed by atoms with van der Waals surface area (Å²) in [5.41, 5.74) is 9.17. The van der Waals surface area contributed by atoms with Gasteiger partial charge in [-0.1, -0.05) is 80.8 Å². The molecule has 3 aromatic rings. The lowest BCUT2D eigenvalue weighted by molar-refractivity contribution is -0.123. The number of nitrogens with two attached hydrogens (primary N) is 1. The first kappa shape index (κ1) is 25.0. The van der Waals surface area contributed by atoms with Gasteiger partial charge >= 0.3 is 5.97 Å². The second kappa shape index (κ2) is 13.2. The molecule has 0 aliphatic carbocycles. The molecule has 3 aromatic carbocycles. The number of hydrogen-bond acceptors (Lipinski definition) is 5. The van der Waals surface area contributed by atoms with Crippen molar-refractivity contribution in [2.75, 3.05) is 6.61 Å². The minimum atomic E-state index is -0.371. The number of carbonyl (C=O) groups is 2. The minimum absolute atomic E-state index is 0.0937. The molecule has 0 fully saturated rings. The molecule has 0 bridgehead atoms. The zero-order valence-corrected chi connectivity index (χ0v) is 19.5. The molecule has 6 heteroatoms. The van der Waals surface area contributed by atoms with Crippen LogP contribution in [0.1, 0.15) is 48.5 Å². The first-order valence-electron chi connectivity index (χ1n) is 11.6. The summed E-state index contributed by atoms with van der Waals surface area (Å²) in [6.45, 7) is 2.26. The molecule has 0 radical (unpaired) electrons. The van der Waals surface area contributed by atoms with Crippen molar-refractivity contribution in [2.24, 2.45) is 5.73 Å². The lowest BCUT2D eigenvalue weighted by Gasteiger charge is -2.14. The van der Waals surface area contributed by atoms with Gasteiger partial charge in [-0.05, 0) is 47.4 Å². The first-order valence-corrected chi connectivity index (χ1v) is 11.6. The molecule has 1 amide bonds. The van der Waals surface area contributed by atoms with E-state index in [1.54, 1.807) is 24.3 Å². The van der Waals surface area contributed by atoms with E-state index in [2.05, 4.69) is 12.2 Å². The van der Waals surface area contributed by atoms with E-state index in [1.165, 1.54) is 0 Å². The fourth-order valence-electron chi connectivity index (χ4n) is 3.46. The van der Waals surface area contributed by atoms with Gasteiger partial charge in [0.25, 0.3) is 5.91 Å². The van der Waals surface area contributed by atoms with Crippen LogP contribution in [0.2, 0.25) is 0 Å². The summed E-state index contributed by atoms with van der Waals surface area (Å²) >= 11 is 0. The summed E-state index contributed by atoms with van der Waals surface area (Å²) < 4.78 is 11.0. The van der Waals surface area contributed by atoms with E-state index in [0.29, 0.717) is 11.3 Å². The van der Waals surface area contributed by atoms with Gasteiger partial charge < -0.3 is 20.5 Å². The van der Waals surface area contributed by atoms with Gasteiger partial charge in [0.2, 0.25) is 0 Å². The van der Waals surface area contributed by atoms with Crippen LogP contribution in [0.25, 0.3) is 11.1 Å². The largest absolute Gasteiger partial charge is 0.484 e. The number of unbranched alkanes of at least 4 members (excludes halogenated alkanes) is 2. The number of hydrogen-bond donors (Lipinski definition) is 2. The maximum atomic E-state index is 12.5. The van der Waals surface area contributed by atoms with Gasteiger partial charge in [0.05, 0.1) is 11.7 Å². The van der Waals surface area contributed by atoms with Gasteiger partial charge in [-0.3, -0.25) is 4.79 Å². The lowest BCUT2D eigenvalue weighted by Crippen LogP contribution is -2.43. The molecule has 6 nitrogen and oxygen atoms in total. The zero-order valence-electron chi connectivity index (χ0n) is 19.5. The molecule has 0 saturated carbocycles. The van der Waals surface area contributed by atoms with Crippen LogP contribution in [0.4, 0.5) is 0 Å². The average molecular weight is 461 g/mol. The van der Waals surface area contributed by atoms with Crippen molar-refractivity contribution in [2.45, 2.75) is 45.4 Å². The Morgan fingerprint density at radius 2 is 1.68 bits per heavy atom. The number of rotatable bonds is 12. The highest BCUT2D eigenvalue weighted by Gasteiger charge is 2.10. The molecule has 0 aliphatic rings. The van der Waals surface area contributed by atoms with E-state index in [9.17, 15) is 9.59 Å². The lowest BCUT2D eigenvalue weighted by atomic mass is 10.0. The number of benzene rings is 3. The van der Waals surface area contributed by atoms with Crippen LogP contribution >= 0.6 is 0 Å². The van der Waals surface area contributed by atoms with Crippen LogP contribution in [0.5, 0.6) is 5.75 Å². The maximum Gasteiger partial charge on any atom is 0.338 e. The van der Waals surface area contributed by atoms with E-state index < -0.39 is 0 Å². The van der Waals surface area contributed by atoms with E-state index in [4.69, 9.17) is 15.2 Å².